The summed E-state index contributed by atoms with van der Waals surface area (Å²) in [6.45, 7) is 25.9. The summed E-state index contributed by atoms with van der Waals surface area (Å²) in [4.78, 5) is 163. The molecule has 4 N–H and O–H groups in total. The van der Waals surface area contributed by atoms with E-state index in [2.05, 4.69) is 23.0 Å². The van der Waals surface area contributed by atoms with Crippen LogP contribution in [0.15, 0.2) is 42.1 Å². The summed E-state index contributed by atoms with van der Waals surface area (Å²) in [5.74, 6) is -10.5. The highest BCUT2D eigenvalue weighted by Crippen LogP contribution is 2.24. The second kappa shape index (κ2) is 51.4. The molecular weight excluding hydrogens is 1060 g/mol. The van der Waals surface area contributed by atoms with Gasteiger partial charge in [-0.3, -0.25) is 28.8 Å². The van der Waals surface area contributed by atoms with Crippen molar-refractivity contribution in [2.45, 2.75) is 168 Å². The van der Waals surface area contributed by atoms with Crippen LogP contribution in [0.4, 0.5) is 0 Å². The minimum Gasteiger partial charge on any atom is -0.476 e. The molecule has 0 aromatic carbocycles. The van der Waals surface area contributed by atoms with E-state index in [9.17, 15) is 71.9 Å². The minimum atomic E-state index is -1.34. The highest BCUT2D eigenvalue weighted by atomic mass is 16.7. The van der Waals surface area contributed by atoms with Gasteiger partial charge in [0.15, 0.2) is 0 Å². The Morgan fingerprint density at radius 2 is 0.911 bits per heavy atom. The molecule has 0 saturated carbocycles. The van der Waals surface area contributed by atoms with E-state index < -0.39 is 94.0 Å². The quantitative estimate of drug-likeness (QED) is 0.0433. The van der Waals surface area contributed by atoms with Crippen LogP contribution >= 0.6 is 0 Å². The van der Waals surface area contributed by atoms with Gasteiger partial charge in [-0.25, -0.2) is 43.2 Å². The van der Waals surface area contributed by atoms with Gasteiger partial charge < -0.3 is 62.5 Å². The standard InChI is InChI=1S/C11H20O4.C8H8O4.C8H12O4.C6H8O3.4C4H6O3.C2H4O/c1-5-8-11(6-2,15-9(4)12)10(13)14-7-3;1-3-5-7(9)12-6(4-2)8(10)11-5;1-4-7(12-6(3)9)8(10)11-5-2;1-3-5-6(7)9-4(2)8-5;4*1-2-3(5)4(6)7;1-2-3/h5-8H2,1-4H3;3-4H,1-2H3;4H,5H2,1-3H3;3-4H,1-2H3;4*2H2,1H3,(H,6,7);2H,1H3/b;5-3-,6-4-;7-4-;5-3-;;;;;. The number of aliphatic carboxylic acids is 4. The van der Waals surface area contributed by atoms with Crippen molar-refractivity contribution < 1.29 is 125 Å². The van der Waals surface area contributed by atoms with Crippen molar-refractivity contribution in [3.8, 4) is 0 Å². The molecule has 2 atom stereocenters. The van der Waals surface area contributed by atoms with Gasteiger partial charge in [0.05, 0.1) is 13.2 Å². The number of carboxylic acid groups (broad SMARTS) is 4. The molecule has 2 heterocycles. The van der Waals surface area contributed by atoms with Crippen LogP contribution in [0.25, 0.3) is 12.2 Å². The van der Waals surface area contributed by atoms with Gasteiger partial charge in [0, 0.05) is 46.5 Å². The van der Waals surface area contributed by atoms with Crippen LogP contribution in [0.3, 0.4) is 0 Å². The molecule has 0 spiro atoms. The summed E-state index contributed by atoms with van der Waals surface area (Å²) >= 11 is 0. The van der Waals surface area contributed by atoms with Gasteiger partial charge in [-0.2, -0.15) is 0 Å². The Morgan fingerprint density at radius 1 is 0.557 bits per heavy atom. The van der Waals surface area contributed by atoms with Crippen molar-refractivity contribution in [1.82, 2.24) is 0 Å². The Hall–Kier alpha value is -8.72. The number of esters is 5. The Bertz CT molecular complexity index is 2300. The van der Waals surface area contributed by atoms with Crippen LogP contribution in [0.5, 0.6) is 0 Å². The van der Waals surface area contributed by atoms with Crippen LogP contribution in [-0.2, 0) is 95.5 Å². The molecule has 1 saturated heterocycles. The highest BCUT2D eigenvalue weighted by Gasteiger charge is 2.40. The smallest absolute Gasteiger partial charge is 0.379 e. The molecule has 1 aromatic heterocycles. The van der Waals surface area contributed by atoms with E-state index in [4.69, 9.17) is 39.4 Å². The number of aldehydes is 1. The molecule has 79 heavy (non-hydrogen) atoms. The Morgan fingerprint density at radius 3 is 1.09 bits per heavy atom. The topological polar surface area (TPSA) is 436 Å². The molecular formula is C51H76O28. The lowest BCUT2D eigenvalue weighted by Crippen LogP contribution is -2.43. The number of cyclic esters (lactones) is 1. The van der Waals surface area contributed by atoms with Crippen LogP contribution in [-0.4, -0.2) is 129 Å². The number of ether oxygens (including phenoxy) is 6. The predicted molar refractivity (Wildman–Crippen MR) is 275 cm³/mol. The Balaban J connectivity index is -0.000000151. The van der Waals surface area contributed by atoms with Crippen LogP contribution < -0.4 is 22.1 Å². The molecule has 448 valence electrons. The number of carbonyl (C=O) groups is 14. The first-order valence-electron chi connectivity index (χ1n) is 23.8. The summed E-state index contributed by atoms with van der Waals surface area (Å²) in [6.07, 6.45) is 8.10. The van der Waals surface area contributed by atoms with E-state index in [1.165, 1.54) is 66.7 Å². The zero-order valence-electron chi connectivity index (χ0n) is 47.4. The summed E-state index contributed by atoms with van der Waals surface area (Å²) in [6, 6.07) is 0. The van der Waals surface area contributed by atoms with Gasteiger partial charge in [0.25, 0.3) is 0 Å². The molecule has 2 rings (SSSR count). The highest BCUT2D eigenvalue weighted by molar-refractivity contribution is 6.33. The maximum Gasteiger partial charge on any atom is 0.379 e. The van der Waals surface area contributed by atoms with Crippen molar-refractivity contribution in [2.24, 2.45) is 0 Å². The van der Waals surface area contributed by atoms with E-state index in [1.807, 2.05) is 13.8 Å². The van der Waals surface area contributed by atoms with Crippen molar-refractivity contribution in [3.05, 3.63) is 55.3 Å². The molecule has 0 aliphatic carbocycles. The Labute approximate surface area is 455 Å². The zero-order valence-corrected chi connectivity index (χ0v) is 47.4. The average molecular weight is 1140 g/mol. The fourth-order valence-electron chi connectivity index (χ4n) is 4.09. The molecule has 0 bridgehead atoms. The SMILES string of the molecule is C/C=C(\OC(C)=O)C(=O)OCC.C/C=C1\OC(C)OC1=O.C/C=c1\oc(=O)/c(=C/C)oc1=O.CC=O.CCC(=O)C(=O)O.CCC(=O)C(=O)O.CCC(=O)C(=O)O.CCC(=O)C(=O)O.CCCC(CC)(OC(C)=O)C(=O)OCC. The van der Waals surface area contributed by atoms with Gasteiger partial charge in [-0.05, 0) is 85.6 Å². The van der Waals surface area contributed by atoms with Crippen molar-refractivity contribution in [1.29, 1.82) is 0 Å². The van der Waals surface area contributed by atoms with E-state index in [0.717, 1.165) is 12.7 Å². The third kappa shape index (κ3) is 45.2. The van der Waals surface area contributed by atoms with Gasteiger partial charge in [0.1, 0.15) is 6.29 Å². The maximum absolute atomic E-state index is 11.7. The summed E-state index contributed by atoms with van der Waals surface area (Å²) in [5, 5.41) is 31.3. The Kier molecular flexibility index (Phi) is 54.8. The first kappa shape index (κ1) is 84.2. The minimum absolute atomic E-state index is 0.0643. The van der Waals surface area contributed by atoms with E-state index >= 15 is 0 Å². The number of carbonyl (C=O) groups excluding carboxylic acids is 10. The van der Waals surface area contributed by atoms with Gasteiger partial charge in [0.2, 0.25) is 57.4 Å². The summed E-state index contributed by atoms with van der Waals surface area (Å²) < 4.78 is 38.0. The molecule has 0 radical (unpaired) electrons. The molecule has 28 heteroatoms. The molecule has 28 nitrogen and oxygen atoms in total. The fraction of sp³-hybridized carbons (Fsp3) is 0.529. The molecule has 0 amide bonds. The molecule has 1 aromatic rings. The van der Waals surface area contributed by atoms with Crippen molar-refractivity contribution in [2.75, 3.05) is 13.2 Å². The third-order valence-corrected chi connectivity index (χ3v) is 7.80. The zero-order chi connectivity index (χ0) is 63.6. The fourth-order valence-corrected chi connectivity index (χ4v) is 4.09. The van der Waals surface area contributed by atoms with E-state index in [-0.39, 0.29) is 54.8 Å². The monoisotopic (exact) mass is 1140 g/mol. The van der Waals surface area contributed by atoms with Crippen molar-refractivity contribution in [3.63, 3.8) is 0 Å². The van der Waals surface area contributed by atoms with Gasteiger partial charge in [-0.15, -0.1) is 0 Å². The van der Waals surface area contributed by atoms with Gasteiger partial charge >= 0.3 is 65.0 Å². The third-order valence-electron chi connectivity index (χ3n) is 7.80. The first-order valence-corrected chi connectivity index (χ1v) is 23.8. The van der Waals surface area contributed by atoms with E-state index in [0.29, 0.717) is 25.2 Å². The predicted octanol–water partition coefficient (Wildman–Crippen LogP) is 3.49. The number of hydrogen-bond donors (Lipinski definition) is 4. The van der Waals surface area contributed by atoms with Crippen LogP contribution in [0.2, 0.25) is 0 Å². The number of carboxylic acids is 4. The number of Topliss-reactive ketones (excluding diaryl/α,β-unsaturated/α-hetero) is 4. The average Bonchev–Trinajstić information content (AvgIpc) is 3.74. The summed E-state index contributed by atoms with van der Waals surface area (Å²) in [5.41, 5.74) is -2.48. The number of allylic oxidation sites excluding steroid dienone is 2. The lowest BCUT2D eigenvalue weighted by Gasteiger charge is -2.29. The van der Waals surface area contributed by atoms with E-state index in [1.54, 1.807) is 54.5 Å². The lowest BCUT2D eigenvalue weighted by molar-refractivity contribution is -0.183. The van der Waals surface area contributed by atoms with Crippen molar-refractivity contribution >= 4 is 95.3 Å². The number of ketones is 4. The maximum atomic E-state index is 11.7. The first-order chi connectivity index (χ1) is 36.7. The van der Waals surface area contributed by atoms with Crippen LogP contribution in [0, 0.1) is 0 Å². The van der Waals surface area contributed by atoms with Gasteiger partial charge in [-0.1, -0.05) is 48.0 Å². The largest absolute Gasteiger partial charge is 0.476 e. The second-order valence-corrected chi connectivity index (χ2v) is 13.8. The normalized spacial score (nSPS) is 12.9. The molecule has 2 unspecified atom stereocenters. The number of hydrogen-bond acceptors (Lipinski definition) is 24. The molecule has 1 fully saturated rings. The lowest BCUT2D eigenvalue weighted by atomic mass is 9.94. The molecule has 1 aliphatic rings. The summed E-state index contributed by atoms with van der Waals surface area (Å²) in [7, 11) is 0. The molecule has 1 aliphatic heterocycles. The second-order valence-electron chi connectivity index (χ2n) is 13.8. The van der Waals surface area contributed by atoms with Crippen LogP contribution in [0.1, 0.15) is 156 Å². The number of rotatable bonds is 17.